The highest BCUT2D eigenvalue weighted by atomic mass is 32.2. The van der Waals surface area contributed by atoms with Crippen LogP contribution in [-0.2, 0) is 25.7 Å². The summed E-state index contributed by atoms with van der Waals surface area (Å²) in [6.07, 6.45) is 0. The summed E-state index contributed by atoms with van der Waals surface area (Å²) in [5.41, 5.74) is 0.529. The molecule has 2 aromatic carbocycles. The molecule has 2 unspecified atom stereocenters. The second-order valence-electron chi connectivity index (χ2n) is 6.56. The second-order valence-corrected chi connectivity index (χ2v) is 7.71. The Morgan fingerprint density at radius 1 is 1.23 bits per heavy atom. The van der Waals surface area contributed by atoms with E-state index in [1.54, 1.807) is 0 Å². The summed E-state index contributed by atoms with van der Waals surface area (Å²) >= 11 is 1.18. The normalized spacial score (nSPS) is 16.4. The van der Waals surface area contributed by atoms with Crippen LogP contribution < -0.4 is 5.32 Å². The monoisotopic (exact) mass is 429 g/mol. The lowest BCUT2D eigenvalue weighted by molar-refractivity contribution is -0.384. The lowest BCUT2D eigenvalue weighted by Crippen LogP contribution is -2.67. The molecular weight excluding hydrogens is 410 g/mol. The molecule has 10 heteroatoms. The van der Waals surface area contributed by atoms with Gasteiger partial charge in [-0.3, -0.25) is 19.7 Å². The zero-order valence-corrected chi connectivity index (χ0v) is 16.8. The Hall–Kier alpha value is -3.40. The summed E-state index contributed by atoms with van der Waals surface area (Å²) in [5, 5.41) is 12.4. The van der Waals surface area contributed by atoms with E-state index in [1.807, 2.05) is 30.3 Å². The van der Waals surface area contributed by atoms with Gasteiger partial charge in [-0.2, -0.15) is 0 Å². The maximum atomic E-state index is 12.8. The van der Waals surface area contributed by atoms with E-state index in [2.05, 4.69) is 5.32 Å². The van der Waals surface area contributed by atoms with Crippen molar-refractivity contribution in [3.05, 3.63) is 70.3 Å². The number of carbonyl (C=O) groups is 3. The van der Waals surface area contributed by atoms with Gasteiger partial charge >= 0.3 is 5.97 Å². The van der Waals surface area contributed by atoms with Gasteiger partial charge in [0.05, 0.1) is 11.5 Å². The van der Waals surface area contributed by atoms with Crippen LogP contribution in [0.4, 0.5) is 5.69 Å². The summed E-state index contributed by atoms with van der Waals surface area (Å²) in [7, 11) is 0. The number of esters is 1. The average molecular weight is 429 g/mol. The number of non-ortho nitro benzene ring substituents is 1. The van der Waals surface area contributed by atoms with Gasteiger partial charge in [0.15, 0.2) is 5.37 Å². The summed E-state index contributed by atoms with van der Waals surface area (Å²) in [4.78, 5) is 48.8. The van der Waals surface area contributed by atoms with Crippen LogP contribution in [0.3, 0.4) is 0 Å². The van der Waals surface area contributed by atoms with E-state index >= 15 is 0 Å². The van der Waals surface area contributed by atoms with Crippen molar-refractivity contribution in [1.82, 2.24) is 10.2 Å². The Morgan fingerprint density at radius 3 is 2.47 bits per heavy atom. The molecule has 0 bridgehead atoms. The predicted molar refractivity (Wildman–Crippen MR) is 108 cm³/mol. The summed E-state index contributed by atoms with van der Waals surface area (Å²) in [6.45, 7) is 1.44. The number of rotatable bonds is 8. The summed E-state index contributed by atoms with van der Waals surface area (Å²) in [5.74, 6) is -1.29. The zero-order valence-electron chi connectivity index (χ0n) is 16.0. The molecule has 1 N–H and O–H groups in total. The number of nitrogens with zero attached hydrogens (tertiary/aromatic N) is 2. The molecule has 1 saturated heterocycles. The Bertz CT molecular complexity index is 951. The quantitative estimate of drug-likeness (QED) is 0.224. The molecule has 2 amide bonds. The number of nitro benzene ring substituents is 1. The van der Waals surface area contributed by atoms with Gasteiger partial charge in [-0.25, -0.2) is 4.79 Å². The molecule has 1 aliphatic rings. The predicted octanol–water partition coefficient (Wildman–Crippen LogP) is 2.10. The molecule has 0 spiro atoms. The van der Waals surface area contributed by atoms with E-state index in [1.165, 1.54) is 47.9 Å². The van der Waals surface area contributed by atoms with Gasteiger partial charge in [0.1, 0.15) is 12.6 Å². The number of likely N-dealkylation sites (tertiary alicyclic amines) is 1. The fourth-order valence-electron chi connectivity index (χ4n) is 2.82. The number of nitrogens with one attached hydrogen (secondary N) is 1. The van der Waals surface area contributed by atoms with Crippen LogP contribution in [0.15, 0.2) is 59.5 Å². The number of amides is 2. The van der Waals surface area contributed by atoms with Crippen LogP contribution in [0.2, 0.25) is 0 Å². The number of β-lactam (4-membered cyclic amide) rings is 1. The highest BCUT2D eigenvalue weighted by Crippen LogP contribution is 2.30. The van der Waals surface area contributed by atoms with Crippen LogP contribution in [-0.4, -0.2) is 45.6 Å². The van der Waals surface area contributed by atoms with Gasteiger partial charge < -0.3 is 15.0 Å². The molecule has 1 fully saturated rings. The van der Waals surface area contributed by atoms with Gasteiger partial charge in [-0.15, -0.1) is 0 Å². The third-order valence-electron chi connectivity index (χ3n) is 4.34. The first-order valence-corrected chi connectivity index (χ1v) is 9.92. The summed E-state index contributed by atoms with van der Waals surface area (Å²) < 4.78 is 5.37. The standard InChI is InChI=1S/C20H19N3O6S/c1-13(24)21-17-11-22(18(17)25)19(30-16-5-3-2-4-6-16)20(26)29-12-14-7-9-15(10-8-14)23(27)28/h2-10,17,19H,11-12H2,1H3,(H,21,24). The second kappa shape index (κ2) is 9.40. The minimum Gasteiger partial charge on any atom is -0.459 e. The van der Waals surface area contributed by atoms with E-state index in [4.69, 9.17) is 4.74 Å². The Balaban J connectivity index is 1.68. The molecule has 0 aromatic heterocycles. The van der Waals surface area contributed by atoms with Crippen molar-refractivity contribution in [3.8, 4) is 0 Å². The highest BCUT2D eigenvalue weighted by molar-refractivity contribution is 8.00. The van der Waals surface area contributed by atoms with Crippen LogP contribution in [0.25, 0.3) is 0 Å². The average Bonchev–Trinajstić information content (AvgIpc) is 2.74. The first-order valence-electron chi connectivity index (χ1n) is 9.04. The molecule has 3 rings (SSSR count). The molecule has 1 aliphatic heterocycles. The topological polar surface area (TPSA) is 119 Å². The third-order valence-corrected chi connectivity index (χ3v) is 5.56. The Labute approximate surface area is 176 Å². The Kier molecular flexibility index (Phi) is 6.68. The SMILES string of the molecule is CC(=O)NC1CN(C(Sc2ccccc2)C(=O)OCc2ccc([N+](=O)[O-])cc2)C1=O. The van der Waals surface area contributed by atoms with Gasteiger partial charge in [-0.05, 0) is 29.8 Å². The van der Waals surface area contributed by atoms with E-state index in [-0.39, 0.29) is 30.7 Å². The number of hydrogen-bond donors (Lipinski definition) is 1. The zero-order chi connectivity index (χ0) is 21.7. The molecule has 0 saturated carbocycles. The van der Waals surface area contributed by atoms with E-state index < -0.39 is 22.3 Å². The molecule has 1 heterocycles. The first-order chi connectivity index (χ1) is 14.3. The molecule has 2 aromatic rings. The largest absolute Gasteiger partial charge is 0.459 e. The van der Waals surface area contributed by atoms with Crippen molar-refractivity contribution in [1.29, 1.82) is 0 Å². The lowest BCUT2D eigenvalue weighted by atomic mass is 10.1. The van der Waals surface area contributed by atoms with E-state index in [0.717, 1.165) is 4.90 Å². The van der Waals surface area contributed by atoms with Crippen LogP contribution in [0, 0.1) is 10.1 Å². The van der Waals surface area contributed by atoms with Crippen molar-refractivity contribution in [3.63, 3.8) is 0 Å². The van der Waals surface area contributed by atoms with Crippen molar-refractivity contribution < 1.29 is 24.0 Å². The molecule has 2 atom stereocenters. The van der Waals surface area contributed by atoms with Gasteiger partial charge in [-0.1, -0.05) is 30.0 Å². The third kappa shape index (κ3) is 5.15. The van der Waals surface area contributed by atoms with Crippen LogP contribution >= 0.6 is 11.8 Å². The molecule has 30 heavy (non-hydrogen) atoms. The fraction of sp³-hybridized carbons (Fsp3) is 0.250. The molecular formula is C20H19N3O6S. The number of hydrogen-bond acceptors (Lipinski definition) is 7. The molecule has 0 radical (unpaired) electrons. The highest BCUT2D eigenvalue weighted by Gasteiger charge is 2.45. The minimum atomic E-state index is -0.914. The minimum absolute atomic E-state index is 0.0576. The van der Waals surface area contributed by atoms with Gasteiger partial charge in [0.25, 0.3) is 5.69 Å². The van der Waals surface area contributed by atoms with Crippen LogP contribution in [0.5, 0.6) is 0 Å². The number of thioether (sulfide) groups is 1. The van der Waals surface area contributed by atoms with Gasteiger partial charge in [0.2, 0.25) is 11.8 Å². The maximum absolute atomic E-state index is 12.8. The number of nitro groups is 1. The van der Waals surface area contributed by atoms with Crippen LogP contribution in [0.1, 0.15) is 12.5 Å². The number of carbonyl (C=O) groups excluding carboxylic acids is 3. The van der Waals surface area contributed by atoms with Gasteiger partial charge in [0, 0.05) is 24.0 Å². The summed E-state index contributed by atoms with van der Waals surface area (Å²) in [6, 6.07) is 14.1. The van der Waals surface area contributed by atoms with Crippen molar-refractivity contribution >= 4 is 35.2 Å². The number of ether oxygens (including phenoxy) is 1. The van der Waals surface area contributed by atoms with Crippen molar-refractivity contribution in [2.75, 3.05) is 6.54 Å². The van der Waals surface area contributed by atoms with E-state index in [0.29, 0.717) is 5.56 Å². The molecule has 0 aliphatic carbocycles. The lowest BCUT2D eigenvalue weighted by Gasteiger charge is -2.42. The maximum Gasteiger partial charge on any atom is 0.340 e. The first kappa shape index (κ1) is 21.3. The van der Waals surface area contributed by atoms with Crippen molar-refractivity contribution in [2.45, 2.75) is 29.8 Å². The molecule has 156 valence electrons. The smallest absolute Gasteiger partial charge is 0.340 e. The Morgan fingerprint density at radius 2 is 1.90 bits per heavy atom. The van der Waals surface area contributed by atoms with E-state index in [9.17, 15) is 24.5 Å². The number of benzene rings is 2. The molecule has 9 nitrogen and oxygen atoms in total. The fourth-order valence-corrected chi connectivity index (χ4v) is 3.88. The van der Waals surface area contributed by atoms with Crippen molar-refractivity contribution in [2.24, 2.45) is 0 Å².